The molecule has 3 heterocycles. The lowest BCUT2D eigenvalue weighted by molar-refractivity contribution is -0.139. The van der Waals surface area contributed by atoms with Crippen molar-refractivity contribution in [2.75, 3.05) is 50.8 Å². The van der Waals surface area contributed by atoms with Gasteiger partial charge in [-0.15, -0.1) is 0 Å². The SMILES string of the molecule is CCCN1CCN(c2ccc(C(=O)N[C@H](C(=O)N3C[C@H](C(C)C)[C@H]4OCC(=O)[C@H]43)C3CCCC3)cc2)CC1. The van der Waals surface area contributed by atoms with Crippen LogP contribution in [0, 0.1) is 17.8 Å². The smallest absolute Gasteiger partial charge is 0.251 e. The molecule has 0 spiro atoms. The molecule has 0 bridgehead atoms. The molecule has 1 N–H and O–H groups in total. The molecule has 3 aliphatic heterocycles. The van der Waals surface area contributed by atoms with Crippen LogP contribution in [0.15, 0.2) is 24.3 Å². The fraction of sp³-hybridized carbons (Fsp3) is 0.700. The van der Waals surface area contributed by atoms with Crippen molar-refractivity contribution in [3.63, 3.8) is 0 Å². The molecule has 1 aromatic carbocycles. The van der Waals surface area contributed by atoms with E-state index in [4.69, 9.17) is 4.74 Å². The van der Waals surface area contributed by atoms with E-state index in [1.165, 1.54) is 6.42 Å². The number of benzene rings is 1. The zero-order valence-corrected chi connectivity index (χ0v) is 23.2. The normalized spacial score (nSPS) is 27.3. The van der Waals surface area contributed by atoms with Gasteiger partial charge in [-0.25, -0.2) is 0 Å². The Hall–Kier alpha value is -2.45. The Labute approximate surface area is 227 Å². The van der Waals surface area contributed by atoms with Crippen LogP contribution in [-0.4, -0.2) is 91.5 Å². The van der Waals surface area contributed by atoms with E-state index in [1.54, 1.807) is 4.90 Å². The zero-order valence-electron chi connectivity index (χ0n) is 23.2. The van der Waals surface area contributed by atoms with Gasteiger partial charge in [0.2, 0.25) is 5.91 Å². The van der Waals surface area contributed by atoms with Crippen LogP contribution in [0.2, 0.25) is 0 Å². The highest BCUT2D eigenvalue weighted by Crippen LogP contribution is 2.38. The molecule has 2 amide bonds. The molecule has 4 aliphatic rings. The summed E-state index contributed by atoms with van der Waals surface area (Å²) >= 11 is 0. The van der Waals surface area contributed by atoms with Crippen LogP contribution in [0.3, 0.4) is 0 Å². The van der Waals surface area contributed by atoms with E-state index in [0.29, 0.717) is 18.0 Å². The first kappa shape index (κ1) is 27.1. The maximum atomic E-state index is 14.0. The number of Topliss-reactive ketones (excluding diaryl/α,β-unsaturated/α-hetero) is 1. The molecule has 1 aliphatic carbocycles. The number of rotatable bonds is 8. The molecule has 4 fully saturated rings. The summed E-state index contributed by atoms with van der Waals surface area (Å²) in [6.45, 7) is 12.3. The zero-order chi connectivity index (χ0) is 26.8. The van der Waals surface area contributed by atoms with Crippen molar-refractivity contribution < 1.29 is 19.1 Å². The average Bonchev–Trinajstić information content (AvgIpc) is 3.67. The van der Waals surface area contributed by atoms with Gasteiger partial charge in [0, 0.05) is 49.9 Å². The Morgan fingerprint density at radius 1 is 1.05 bits per heavy atom. The standard InChI is InChI=1S/C30H44N4O4/c1-4-13-32-14-16-33(17-15-32)23-11-9-22(10-12-23)29(36)31-26(21-7-5-6-8-21)30(37)34-18-24(20(2)3)28-27(34)25(35)19-38-28/h9-12,20-21,24,26-28H,4-8,13-19H2,1-3H3,(H,31,36)/t24-,26+,27-,28-/m1/s1. The summed E-state index contributed by atoms with van der Waals surface area (Å²) in [4.78, 5) is 46.7. The van der Waals surface area contributed by atoms with Crippen molar-refractivity contribution in [2.24, 2.45) is 17.8 Å². The quantitative estimate of drug-likeness (QED) is 0.563. The lowest BCUT2D eigenvalue weighted by Crippen LogP contribution is -2.54. The molecule has 38 heavy (non-hydrogen) atoms. The van der Waals surface area contributed by atoms with Crippen molar-refractivity contribution in [2.45, 2.75) is 71.1 Å². The Kier molecular flexibility index (Phi) is 8.38. The third-order valence-corrected chi connectivity index (χ3v) is 9.19. The minimum Gasteiger partial charge on any atom is -0.369 e. The molecule has 0 radical (unpaired) electrons. The van der Waals surface area contributed by atoms with Gasteiger partial charge < -0.3 is 19.9 Å². The second-order valence-corrected chi connectivity index (χ2v) is 12.0. The number of amides is 2. The van der Waals surface area contributed by atoms with Gasteiger partial charge in [-0.2, -0.15) is 0 Å². The predicted octanol–water partition coefficient (Wildman–Crippen LogP) is 2.96. The van der Waals surface area contributed by atoms with Gasteiger partial charge in [0.25, 0.3) is 5.91 Å². The molecule has 0 unspecified atom stereocenters. The topological polar surface area (TPSA) is 82.2 Å². The average molecular weight is 525 g/mol. The van der Waals surface area contributed by atoms with Gasteiger partial charge in [-0.3, -0.25) is 19.3 Å². The first-order chi connectivity index (χ1) is 18.4. The van der Waals surface area contributed by atoms with Crippen LogP contribution in [0.25, 0.3) is 0 Å². The number of fused-ring (bicyclic) bond motifs is 1. The summed E-state index contributed by atoms with van der Waals surface area (Å²) in [6.07, 6.45) is 4.90. The second kappa shape index (κ2) is 11.7. The van der Waals surface area contributed by atoms with Gasteiger partial charge in [-0.1, -0.05) is 33.6 Å². The number of ether oxygens (including phenoxy) is 1. The Morgan fingerprint density at radius 2 is 1.74 bits per heavy atom. The largest absolute Gasteiger partial charge is 0.369 e. The number of likely N-dealkylation sites (tertiary alicyclic amines) is 1. The Balaban J connectivity index is 1.28. The van der Waals surface area contributed by atoms with E-state index in [-0.39, 0.29) is 42.1 Å². The highest BCUT2D eigenvalue weighted by atomic mass is 16.5. The minimum absolute atomic E-state index is 0.0193. The van der Waals surface area contributed by atoms with Gasteiger partial charge in [-0.05, 0) is 61.9 Å². The number of hydrogen-bond acceptors (Lipinski definition) is 6. The number of carbonyl (C=O) groups is 3. The molecular weight excluding hydrogens is 480 g/mol. The first-order valence-electron chi connectivity index (χ1n) is 14.7. The van der Waals surface area contributed by atoms with Crippen LogP contribution in [0.4, 0.5) is 5.69 Å². The van der Waals surface area contributed by atoms with Crippen molar-refractivity contribution in [3.05, 3.63) is 29.8 Å². The molecule has 0 aromatic heterocycles. The monoisotopic (exact) mass is 524 g/mol. The molecule has 4 atom stereocenters. The number of ketones is 1. The van der Waals surface area contributed by atoms with Gasteiger partial charge in [0.15, 0.2) is 5.78 Å². The van der Waals surface area contributed by atoms with Crippen LogP contribution < -0.4 is 10.2 Å². The highest BCUT2D eigenvalue weighted by Gasteiger charge is 2.54. The summed E-state index contributed by atoms with van der Waals surface area (Å²) in [5, 5.41) is 3.11. The second-order valence-electron chi connectivity index (χ2n) is 12.0. The summed E-state index contributed by atoms with van der Waals surface area (Å²) in [6, 6.07) is 6.64. The summed E-state index contributed by atoms with van der Waals surface area (Å²) in [5.41, 5.74) is 1.69. The molecule has 8 heteroatoms. The molecule has 1 saturated carbocycles. The van der Waals surface area contributed by atoms with Crippen molar-refractivity contribution in [1.82, 2.24) is 15.1 Å². The first-order valence-corrected chi connectivity index (χ1v) is 14.7. The lowest BCUT2D eigenvalue weighted by Gasteiger charge is -2.36. The van der Waals surface area contributed by atoms with Gasteiger partial charge >= 0.3 is 0 Å². The molecular formula is C30H44N4O4. The Bertz CT molecular complexity index is 998. The maximum Gasteiger partial charge on any atom is 0.251 e. The number of piperazine rings is 1. The van der Waals surface area contributed by atoms with Crippen LogP contribution in [0.5, 0.6) is 0 Å². The minimum atomic E-state index is -0.615. The molecule has 208 valence electrons. The van der Waals surface area contributed by atoms with E-state index in [2.05, 4.69) is 35.9 Å². The van der Waals surface area contributed by atoms with E-state index < -0.39 is 12.1 Å². The summed E-state index contributed by atoms with van der Waals surface area (Å²) in [7, 11) is 0. The number of nitrogens with one attached hydrogen (secondary N) is 1. The number of nitrogens with zero attached hydrogens (tertiary/aromatic N) is 3. The van der Waals surface area contributed by atoms with E-state index in [1.807, 2.05) is 24.3 Å². The number of anilines is 1. The van der Waals surface area contributed by atoms with Crippen molar-refractivity contribution in [3.8, 4) is 0 Å². The molecule has 5 rings (SSSR count). The predicted molar refractivity (Wildman–Crippen MR) is 147 cm³/mol. The van der Waals surface area contributed by atoms with Crippen LogP contribution in [-0.2, 0) is 14.3 Å². The third-order valence-electron chi connectivity index (χ3n) is 9.19. The van der Waals surface area contributed by atoms with Crippen LogP contribution >= 0.6 is 0 Å². The van der Waals surface area contributed by atoms with E-state index in [9.17, 15) is 14.4 Å². The maximum absolute atomic E-state index is 14.0. The van der Waals surface area contributed by atoms with Gasteiger partial charge in [0.05, 0.1) is 6.10 Å². The lowest BCUT2D eigenvalue weighted by atomic mass is 9.91. The Morgan fingerprint density at radius 3 is 2.37 bits per heavy atom. The highest BCUT2D eigenvalue weighted by molar-refractivity contribution is 5.99. The molecule has 3 saturated heterocycles. The molecule has 8 nitrogen and oxygen atoms in total. The molecule has 1 aromatic rings. The third kappa shape index (κ3) is 5.48. The van der Waals surface area contributed by atoms with E-state index in [0.717, 1.165) is 64.1 Å². The van der Waals surface area contributed by atoms with Crippen molar-refractivity contribution >= 4 is 23.3 Å². The summed E-state index contributed by atoms with van der Waals surface area (Å²) in [5.74, 6) is 0.169. The fourth-order valence-corrected chi connectivity index (χ4v) is 6.95. The summed E-state index contributed by atoms with van der Waals surface area (Å²) < 4.78 is 5.84. The van der Waals surface area contributed by atoms with Gasteiger partial charge in [0.1, 0.15) is 18.7 Å². The fourth-order valence-electron chi connectivity index (χ4n) is 6.95. The van der Waals surface area contributed by atoms with Crippen molar-refractivity contribution in [1.29, 1.82) is 0 Å². The number of carbonyl (C=O) groups excluding carboxylic acids is 3. The van der Waals surface area contributed by atoms with E-state index >= 15 is 0 Å². The van der Waals surface area contributed by atoms with Crippen LogP contribution in [0.1, 0.15) is 63.2 Å². The number of hydrogen-bond donors (Lipinski definition) is 1.